The van der Waals surface area contributed by atoms with Crippen molar-refractivity contribution in [2.75, 3.05) is 16.8 Å². The molecule has 0 aliphatic carbocycles. The number of anilines is 2. The molecule has 1 fully saturated rings. The summed E-state index contributed by atoms with van der Waals surface area (Å²) < 4.78 is 40.2. The van der Waals surface area contributed by atoms with Crippen LogP contribution < -0.4 is 10.2 Å². The molecule has 4 nitrogen and oxygen atoms in total. The highest BCUT2D eigenvalue weighted by Crippen LogP contribution is 2.35. The van der Waals surface area contributed by atoms with Gasteiger partial charge >= 0.3 is 0 Å². The first-order chi connectivity index (χ1) is 13.2. The van der Waals surface area contributed by atoms with Gasteiger partial charge in [-0.3, -0.25) is 9.59 Å². The quantitative estimate of drug-likeness (QED) is 0.780. The van der Waals surface area contributed by atoms with Gasteiger partial charge in [0.05, 0.1) is 11.6 Å². The van der Waals surface area contributed by atoms with Gasteiger partial charge in [0.2, 0.25) is 11.8 Å². The molecule has 7 heteroatoms. The highest BCUT2D eigenvalue weighted by molar-refractivity contribution is 6.04. The molecule has 1 aliphatic rings. The van der Waals surface area contributed by atoms with Crippen molar-refractivity contribution in [3.63, 3.8) is 0 Å². The van der Waals surface area contributed by atoms with Gasteiger partial charge in [0.15, 0.2) is 17.5 Å². The van der Waals surface area contributed by atoms with Gasteiger partial charge in [-0.25, -0.2) is 13.2 Å². The van der Waals surface area contributed by atoms with E-state index in [0.717, 1.165) is 28.9 Å². The normalized spacial score (nSPS) is 16.8. The number of carbonyl (C=O) groups is 2. The highest BCUT2D eigenvalue weighted by atomic mass is 19.2. The first kappa shape index (κ1) is 19.9. The number of aryl methyl sites for hydroxylation is 1. The molecule has 1 unspecified atom stereocenters. The number of nitrogens with zero attached hydrogens (tertiary/aromatic N) is 1. The summed E-state index contributed by atoms with van der Waals surface area (Å²) in [5.74, 6) is -5.80. The Labute approximate surface area is 161 Å². The van der Waals surface area contributed by atoms with E-state index in [9.17, 15) is 22.8 Å². The molecular weight excluding hydrogens is 369 g/mol. The van der Waals surface area contributed by atoms with E-state index in [4.69, 9.17) is 0 Å². The van der Waals surface area contributed by atoms with Crippen molar-refractivity contribution in [1.29, 1.82) is 0 Å². The van der Waals surface area contributed by atoms with E-state index in [1.54, 1.807) is 4.90 Å². The van der Waals surface area contributed by atoms with E-state index in [1.165, 1.54) is 0 Å². The minimum atomic E-state index is -1.65. The smallest absolute Gasteiger partial charge is 0.229 e. The van der Waals surface area contributed by atoms with Crippen LogP contribution in [0.2, 0.25) is 0 Å². The Hall–Kier alpha value is -2.83. The summed E-state index contributed by atoms with van der Waals surface area (Å²) >= 11 is 0. The van der Waals surface area contributed by atoms with Gasteiger partial charge in [-0.1, -0.05) is 32.0 Å². The van der Waals surface area contributed by atoms with Crippen molar-refractivity contribution in [2.24, 2.45) is 5.92 Å². The second-order valence-corrected chi connectivity index (χ2v) is 7.28. The number of hydrogen-bond donors (Lipinski definition) is 1. The second-order valence-electron chi connectivity index (χ2n) is 7.28. The van der Waals surface area contributed by atoms with Crippen LogP contribution in [-0.4, -0.2) is 18.4 Å². The fourth-order valence-corrected chi connectivity index (χ4v) is 3.47. The van der Waals surface area contributed by atoms with Gasteiger partial charge in [-0.15, -0.1) is 0 Å². The topological polar surface area (TPSA) is 49.4 Å². The summed E-state index contributed by atoms with van der Waals surface area (Å²) in [5.41, 5.74) is 2.26. The van der Waals surface area contributed by atoms with Crippen molar-refractivity contribution in [1.82, 2.24) is 0 Å². The summed E-state index contributed by atoms with van der Waals surface area (Å²) in [6.45, 7) is 6.09. The maximum absolute atomic E-state index is 13.8. The van der Waals surface area contributed by atoms with Crippen molar-refractivity contribution < 1.29 is 22.8 Å². The predicted octanol–water partition coefficient (Wildman–Crippen LogP) is 4.53. The van der Waals surface area contributed by atoms with E-state index in [-0.39, 0.29) is 24.8 Å². The average Bonchev–Trinajstić information content (AvgIpc) is 3.03. The van der Waals surface area contributed by atoms with Gasteiger partial charge in [0, 0.05) is 18.7 Å². The van der Waals surface area contributed by atoms with Gasteiger partial charge < -0.3 is 10.2 Å². The number of rotatable bonds is 4. The molecule has 0 bridgehead atoms. The van der Waals surface area contributed by atoms with Crippen molar-refractivity contribution in [3.05, 3.63) is 58.9 Å². The number of halogens is 3. The largest absolute Gasteiger partial charge is 0.323 e. The SMILES string of the molecule is Cc1cccc(C(C)C)c1N1CC(C(=O)Nc2ccc(F)c(F)c2F)CC1=O. The third kappa shape index (κ3) is 3.61. The monoisotopic (exact) mass is 390 g/mol. The zero-order valence-corrected chi connectivity index (χ0v) is 15.9. The lowest BCUT2D eigenvalue weighted by Crippen LogP contribution is -2.29. The lowest BCUT2D eigenvalue weighted by atomic mass is 9.97. The molecule has 2 aromatic rings. The van der Waals surface area contributed by atoms with Crippen LogP contribution in [-0.2, 0) is 9.59 Å². The molecule has 0 saturated carbocycles. The van der Waals surface area contributed by atoms with Gasteiger partial charge in [0.1, 0.15) is 0 Å². The molecule has 0 aromatic heterocycles. The Morgan fingerprint density at radius 1 is 1.14 bits per heavy atom. The van der Waals surface area contributed by atoms with Crippen LogP contribution in [0.3, 0.4) is 0 Å². The van der Waals surface area contributed by atoms with Crippen LogP contribution in [0.1, 0.15) is 37.3 Å². The Bertz CT molecular complexity index is 943. The van der Waals surface area contributed by atoms with Gasteiger partial charge in [-0.05, 0) is 36.1 Å². The minimum absolute atomic E-state index is 0.0387. The second kappa shape index (κ2) is 7.66. The number of para-hydroxylation sites is 1. The number of benzene rings is 2. The van der Waals surface area contributed by atoms with Crippen molar-refractivity contribution in [2.45, 2.75) is 33.1 Å². The highest BCUT2D eigenvalue weighted by Gasteiger charge is 2.37. The Balaban J connectivity index is 1.82. The molecule has 1 atom stereocenters. The molecular formula is C21H21F3N2O2. The van der Waals surface area contributed by atoms with E-state index in [1.807, 2.05) is 39.0 Å². The molecule has 148 valence electrons. The molecule has 1 aliphatic heterocycles. The van der Waals surface area contributed by atoms with E-state index in [0.29, 0.717) is 0 Å². The van der Waals surface area contributed by atoms with Gasteiger partial charge in [-0.2, -0.15) is 0 Å². The number of hydrogen-bond acceptors (Lipinski definition) is 2. The van der Waals surface area contributed by atoms with Crippen LogP contribution in [0.15, 0.2) is 30.3 Å². The van der Waals surface area contributed by atoms with E-state index in [2.05, 4.69) is 5.32 Å². The molecule has 1 heterocycles. The molecule has 0 radical (unpaired) electrons. The number of amides is 2. The maximum atomic E-state index is 13.8. The van der Waals surface area contributed by atoms with Crippen LogP contribution in [0, 0.1) is 30.3 Å². The Morgan fingerprint density at radius 3 is 2.54 bits per heavy atom. The summed E-state index contributed by atoms with van der Waals surface area (Å²) in [5, 5.41) is 2.27. The maximum Gasteiger partial charge on any atom is 0.229 e. The summed E-state index contributed by atoms with van der Waals surface area (Å²) in [4.78, 5) is 26.7. The zero-order chi connectivity index (χ0) is 20.6. The zero-order valence-electron chi connectivity index (χ0n) is 15.9. The third-order valence-corrected chi connectivity index (χ3v) is 4.95. The molecule has 1 N–H and O–H groups in total. The van der Waals surface area contributed by atoms with Crippen LogP contribution >= 0.6 is 0 Å². The fourth-order valence-electron chi connectivity index (χ4n) is 3.47. The first-order valence-electron chi connectivity index (χ1n) is 9.05. The first-order valence-corrected chi connectivity index (χ1v) is 9.05. The standard InChI is InChI=1S/C21H21F3N2O2/c1-11(2)14-6-4-5-12(3)20(14)26-10-13(9-17(26)27)21(28)25-16-8-7-15(22)18(23)19(16)24/h4-8,11,13H,9-10H2,1-3H3,(H,25,28). The Morgan fingerprint density at radius 2 is 1.86 bits per heavy atom. The fraction of sp³-hybridized carbons (Fsp3) is 0.333. The van der Waals surface area contributed by atoms with Crippen LogP contribution in [0.5, 0.6) is 0 Å². The molecule has 0 spiro atoms. The van der Waals surface area contributed by atoms with Crippen molar-refractivity contribution >= 4 is 23.2 Å². The Kier molecular flexibility index (Phi) is 5.45. The van der Waals surface area contributed by atoms with Crippen molar-refractivity contribution in [3.8, 4) is 0 Å². The number of nitrogens with one attached hydrogen (secondary N) is 1. The molecule has 1 saturated heterocycles. The molecule has 3 rings (SSSR count). The summed E-state index contributed by atoms with van der Waals surface area (Å²) in [6, 6.07) is 7.47. The number of carbonyl (C=O) groups excluding carboxylic acids is 2. The lowest BCUT2D eigenvalue weighted by Gasteiger charge is -2.24. The molecule has 2 amide bonds. The summed E-state index contributed by atoms with van der Waals surface area (Å²) in [7, 11) is 0. The van der Waals surface area contributed by atoms with Crippen LogP contribution in [0.25, 0.3) is 0 Å². The summed E-state index contributed by atoms with van der Waals surface area (Å²) in [6.07, 6.45) is -0.0387. The van der Waals surface area contributed by atoms with E-state index < -0.39 is 35.0 Å². The van der Waals surface area contributed by atoms with E-state index >= 15 is 0 Å². The van der Waals surface area contributed by atoms with Crippen LogP contribution in [0.4, 0.5) is 24.5 Å². The van der Waals surface area contributed by atoms with Gasteiger partial charge in [0.25, 0.3) is 0 Å². The average molecular weight is 390 g/mol. The molecule has 2 aromatic carbocycles. The minimum Gasteiger partial charge on any atom is -0.323 e. The predicted molar refractivity (Wildman–Crippen MR) is 101 cm³/mol. The lowest BCUT2D eigenvalue weighted by molar-refractivity contribution is -0.122. The third-order valence-electron chi connectivity index (χ3n) is 4.95. The molecule has 28 heavy (non-hydrogen) atoms.